The molecular formula is C26H43O10P. The maximum Gasteiger partial charge on any atom is 0.472 e. The molecule has 0 aromatic heterocycles. The summed E-state index contributed by atoms with van der Waals surface area (Å²) in [5.41, 5.74) is 0. The SMILES string of the molecule is CC/C=C\C/C=C\C/C=C\C/C=C\CCCCC(=O)OC(COC(C)=O)COP(=O)(O)OCC(O)CO. The van der Waals surface area contributed by atoms with E-state index in [9.17, 15) is 24.2 Å². The molecule has 0 saturated carbocycles. The summed E-state index contributed by atoms with van der Waals surface area (Å²) >= 11 is 0. The van der Waals surface area contributed by atoms with Crippen molar-refractivity contribution in [2.75, 3.05) is 26.4 Å². The van der Waals surface area contributed by atoms with Gasteiger partial charge in [-0.05, 0) is 44.9 Å². The fourth-order valence-electron chi connectivity index (χ4n) is 2.65. The molecule has 11 heteroatoms. The first-order valence-electron chi connectivity index (χ1n) is 12.5. The second-order valence-electron chi connectivity index (χ2n) is 8.06. The number of phosphoric acid groups is 1. The molecule has 0 aliphatic heterocycles. The number of carbonyl (C=O) groups excluding carboxylic acids is 2. The van der Waals surface area contributed by atoms with Crippen LogP contribution in [0.5, 0.6) is 0 Å². The van der Waals surface area contributed by atoms with Crippen LogP contribution in [0.2, 0.25) is 0 Å². The number of phosphoric ester groups is 1. The highest BCUT2D eigenvalue weighted by Gasteiger charge is 2.26. The van der Waals surface area contributed by atoms with Crippen molar-refractivity contribution in [1.82, 2.24) is 0 Å². The van der Waals surface area contributed by atoms with Crippen LogP contribution in [0, 0.1) is 0 Å². The van der Waals surface area contributed by atoms with Crippen LogP contribution >= 0.6 is 7.82 Å². The maximum absolute atomic E-state index is 12.1. The highest BCUT2D eigenvalue weighted by atomic mass is 31.2. The van der Waals surface area contributed by atoms with Gasteiger partial charge in [0, 0.05) is 13.3 Å². The van der Waals surface area contributed by atoms with Crippen molar-refractivity contribution in [3.8, 4) is 0 Å². The van der Waals surface area contributed by atoms with Gasteiger partial charge in [-0.15, -0.1) is 0 Å². The molecule has 3 N–H and O–H groups in total. The van der Waals surface area contributed by atoms with Gasteiger partial charge in [0.05, 0.1) is 19.8 Å². The largest absolute Gasteiger partial charge is 0.472 e. The van der Waals surface area contributed by atoms with E-state index in [1.165, 1.54) is 6.92 Å². The van der Waals surface area contributed by atoms with E-state index < -0.39 is 51.8 Å². The number of hydrogen-bond acceptors (Lipinski definition) is 9. The molecule has 0 radical (unpaired) electrons. The van der Waals surface area contributed by atoms with Crippen molar-refractivity contribution in [1.29, 1.82) is 0 Å². The Labute approximate surface area is 220 Å². The second-order valence-corrected chi connectivity index (χ2v) is 9.51. The third-order valence-electron chi connectivity index (χ3n) is 4.56. The highest BCUT2D eigenvalue weighted by Crippen LogP contribution is 2.43. The van der Waals surface area contributed by atoms with Crippen molar-refractivity contribution in [2.24, 2.45) is 0 Å². The smallest absolute Gasteiger partial charge is 0.462 e. The molecular weight excluding hydrogens is 503 g/mol. The van der Waals surface area contributed by atoms with Crippen LogP contribution in [-0.4, -0.2) is 65.7 Å². The fraction of sp³-hybridized carbons (Fsp3) is 0.615. The monoisotopic (exact) mass is 546 g/mol. The molecule has 0 aliphatic carbocycles. The Morgan fingerprint density at radius 3 is 2.00 bits per heavy atom. The molecule has 0 saturated heterocycles. The Kier molecular flexibility index (Phi) is 21.8. The van der Waals surface area contributed by atoms with Gasteiger partial charge in [-0.2, -0.15) is 0 Å². The van der Waals surface area contributed by atoms with Gasteiger partial charge in [0.1, 0.15) is 12.7 Å². The summed E-state index contributed by atoms with van der Waals surface area (Å²) in [6, 6.07) is 0. The third-order valence-corrected chi connectivity index (χ3v) is 5.51. The van der Waals surface area contributed by atoms with Crippen LogP contribution < -0.4 is 0 Å². The molecule has 0 heterocycles. The molecule has 37 heavy (non-hydrogen) atoms. The van der Waals surface area contributed by atoms with Crippen molar-refractivity contribution in [2.45, 2.75) is 77.4 Å². The van der Waals surface area contributed by atoms with E-state index in [0.29, 0.717) is 6.42 Å². The molecule has 0 aromatic rings. The first-order valence-corrected chi connectivity index (χ1v) is 14.0. The number of rotatable bonds is 22. The number of aliphatic hydroxyl groups excluding tert-OH is 2. The second kappa shape index (κ2) is 23.1. The van der Waals surface area contributed by atoms with Crippen LogP contribution in [0.4, 0.5) is 0 Å². The summed E-state index contributed by atoms with van der Waals surface area (Å²) in [5, 5.41) is 17.9. The van der Waals surface area contributed by atoms with E-state index in [-0.39, 0.29) is 13.0 Å². The molecule has 0 rings (SSSR count). The lowest BCUT2D eigenvalue weighted by molar-refractivity contribution is -0.160. The number of ether oxygens (including phenoxy) is 2. The molecule has 0 bridgehead atoms. The first-order chi connectivity index (χ1) is 17.7. The van der Waals surface area contributed by atoms with Crippen molar-refractivity contribution >= 4 is 19.8 Å². The van der Waals surface area contributed by atoms with Crippen molar-refractivity contribution in [3.63, 3.8) is 0 Å². The minimum atomic E-state index is -4.58. The Hall–Kier alpha value is -2.07. The van der Waals surface area contributed by atoms with Gasteiger partial charge in [0.25, 0.3) is 0 Å². The van der Waals surface area contributed by atoms with Crippen molar-refractivity contribution in [3.05, 3.63) is 48.6 Å². The molecule has 0 aliphatic rings. The quantitative estimate of drug-likeness (QED) is 0.0776. The van der Waals surface area contributed by atoms with E-state index in [0.717, 1.165) is 38.5 Å². The number of unbranched alkanes of at least 4 members (excludes halogenated alkanes) is 2. The van der Waals surface area contributed by atoms with Gasteiger partial charge in [-0.3, -0.25) is 18.6 Å². The molecule has 10 nitrogen and oxygen atoms in total. The zero-order valence-corrected chi connectivity index (χ0v) is 22.8. The minimum absolute atomic E-state index is 0.125. The summed E-state index contributed by atoms with van der Waals surface area (Å²) in [5.74, 6) is -1.18. The van der Waals surface area contributed by atoms with Gasteiger partial charge in [-0.25, -0.2) is 4.57 Å². The first kappa shape index (κ1) is 34.9. The number of hydrogen-bond donors (Lipinski definition) is 3. The molecule has 212 valence electrons. The van der Waals surface area contributed by atoms with Gasteiger partial charge >= 0.3 is 19.8 Å². The van der Waals surface area contributed by atoms with Crippen LogP contribution in [0.25, 0.3) is 0 Å². The summed E-state index contributed by atoms with van der Waals surface area (Å²) in [7, 11) is -4.58. The lowest BCUT2D eigenvalue weighted by Crippen LogP contribution is -2.29. The molecule has 0 amide bonds. The molecule has 3 unspecified atom stereocenters. The summed E-state index contributed by atoms with van der Waals surface area (Å²) in [6.07, 6.45) is 20.6. The maximum atomic E-state index is 12.1. The van der Waals surface area contributed by atoms with Gasteiger partial charge in [-0.1, -0.05) is 55.5 Å². The van der Waals surface area contributed by atoms with Gasteiger partial charge < -0.3 is 24.6 Å². The summed E-state index contributed by atoms with van der Waals surface area (Å²) in [6.45, 7) is 1.08. The van der Waals surface area contributed by atoms with Crippen LogP contribution in [0.3, 0.4) is 0 Å². The number of allylic oxidation sites excluding steroid dienone is 8. The van der Waals surface area contributed by atoms with Crippen LogP contribution in [0.15, 0.2) is 48.6 Å². The number of carbonyl (C=O) groups is 2. The average molecular weight is 547 g/mol. The molecule has 3 atom stereocenters. The topological polar surface area (TPSA) is 149 Å². The number of esters is 2. The standard InChI is InChI=1S/C26H43O10P/c1-3-4-5-6-7-8-9-10-11-12-13-14-15-16-17-18-26(30)36-25(21-33-23(2)28)22-35-37(31,32)34-20-24(29)19-27/h4-5,7-8,10-11,13-14,24-25,27,29H,3,6,9,12,15-22H2,1-2H3,(H,31,32)/b5-4-,8-7-,11-10-,14-13-. The Morgan fingerprint density at radius 2 is 1.43 bits per heavy atom. The highest BCUT2D eigenvalue weighted by molar-refractivity contribution is 7.47. The molecule has 0 aromatic carbocycles. The third kappa shape index (κ3) is 24.0. The Balaban J connectivity index is 4.21. The Bertz CT molecular complexity index is 775. The average Bonchev–Trinajstić information content (AvgIpc) is 2.86. The van der Waals surface area contributed by atoms with E-state index in [1.807, 2.05) is 0 Å². The predicted octanol–water partition coefficient (Wildman–Crippen LogP) is 4.31. The van der Waals surface area contributed by atoms with Gasteiger partial charge in [0.15, 0.2) is 6.10 Å². The van der Waals surface area contributed by atoms with Crippen molar-refractivity contribution < 1.29 is 47.8 Å². The van der Waals surface area contributed by atoms with Gasteiger partial charge in [0.2, 0.25) is 0 Å². The Morgan fingerprint density at radius 1 is 0.865 bits per heavy atom. The van der Waals surface area contributed by atoms with E-state index in [4.69, 9.17) is 19.1 Å². The predicted molar refractivity (Wildman–Crippen MR) is 141 cm³/mol. The van der Waals surface area contributed by atoms with Crippen LogP contribution in [0.1, 0.15) is 65.2 Å². The van der Waals surface area contributed by atoms with Crippen LogP contribution in [-0.2, 0) is 32.7 Å². The normalized spacial score (nSPS) is 15.5. The molecule has 0 fully saturated rings. The fourth-order valence-corrected chi connectivity index (χ4v) is 3.44. The lowest BCUT2D eigenvalue weighted by Gasteiger charge is -2.20. The lowest BCUT2D eigenvalue weighted by atomic mass is 10.2. The van der Waals surface area contributed by atoms with E-state index >= 15 is 0 Å². The summed E-state index contributed by atoms with van der Waals surface area (Å²) < 4.78 is 31.2. The minimum Gasteiger partial charge on any atom is -0.462 e. The van der Waals surface area contributed by atoms with E-state index in [1.54, 1.807) is 0 Å². The zero-order valence-electron chi connectivity index (χ0n) is 21.9. The zero-order chi connectivity index (χ0) is 27.8. The molecule has 0 spiro atoms. The summed E-state index contributed by atoms with van der Waals surface area (Å²) in [4.78, 5) is 32.8. The number of aliphatic hydroxyl groups is 2. The van der Waals surface area contributed by atoms with E-state index in [2.05, 4.69) is 60.1 Å².